The number of nitrogens with one attached hydrogen (secondary N) is 3. The number of amides is 3. The summed E-state index contributed by atoms with van der Waals surface area (Å²) in [5.74, 6) is -0.445. The van der Waals surface area contributed by atoms with E-state index in [1.165, 1.54) is 4.90 Å². The molecular formula is C24H30N4O3. The van der Waals surface area contributed by atoms with Crippen molar-refractivity contribution in [2.75, 3.05) is 31.3 Å². The van der Waals surface area contributed by atoms with Gasteiger partial charge in [0, 0.05) is 25.8 Å². The maximum atomic E-state index is 12.7. The Kier molecular flexibility index (Phi) is 7.65. The number of rotatable bonds is 8. The number of nitrogens with zero attached hydrogens (tertiary/aromatic N) is 1. The normalized spacial score (nSPS) is 13.5. The molecule has 2 aromatic carbocycles. The molecule has 1 aliphatic carbocycles. The number of benzene rings is 2. The maximum absolute atomic E-state index is 12.7. The molecule has 1 fully saturated rings. The molecule has 0 unspecified atom stereocenters. The highest BCUT2D eigenvalue weighted by Crippen LogP contribution is 2.21. The molecule has 164 valence electrons. The second kappa shape index (κ2) is 10.6. The van der Waals surface area contributed by atoms with E-state index < -0.39 is 0 Å². The Morgan fingerprint density at radius 1 is 0.935 bits per heavy atom. The van der Waals surface area contributed by atoms with Gasteiger partial charge in [0.2, 0.25) is 11.8 Å². The van der Waals surface area contributed by atoms with E-state index in [9.17, 15) is 14.4 Å². The molecule has 0 spiro atoms. The molecule has 0 heterocycles. The van der Waals surface area contributed by atoms with Crippen LogP contribution >= 0.6 is 0 Å². The molecule has 1 saturated carbocycles. The first kappa shape index (κ1) is 22.3. The highest BCUT2D eigenvalue weighted by molar-refractivity contribution is 6.04. The second-order valence-electron chi connectivity index (χ2n) is 8.02. The number of hydrogen-bond acceptors (Lipinski definition) is 4. The van der Waals surface area contributed by atoms with Gasteiger partial charge in [0.15, 0.2) is 0 Å². The monoisotopic (exact) mass is 422 g/mol. The lowest BCUT2D eigenvalue weighted by Gasteiger charge is -2.16. The van der Waals surface area contributed by atoms with Gasteiger partial charge >= 0.3 is 0 Å². The van der Waals surface area contributed by atoms with Gasteiger partial charge in [0.25, 0.3) is 5.91 Å². The molecule has 0 bridgehead atoms. The van der Waals surface area contributed by atoms with Crippen LogP contribution in [0.4, 0.5) is 11.4 Å². The van der Waals surface area contributed by atoms with E-state index in [1.54, 1.807) is 38.4 Å². The fourth-order valence-electron chi connectivity index (χ4n) is 3.66. The maximum Gasteiger partial charge on any atom is 0.253 e. The molecule has 31 heavy (non-hydrogen) atoms. The number of para-hydroxylation sites is 2. The van der Waals surface area contributed by atoms with Gasteiger partial charge in [-0.1, -0.05) is 43.2 Å². The molecular weight excluding hydrogens is 392 g/mol. The van der Waals surface area contributed by atoms with Crippen molar-refractivity contribution in [1.82, 2.24) is 10.2 Å². The van der Waals surface area contributed by atoms with E-state index in [0.29, 0.717) is 11.3 Å². The zero-order valence-corrected chi connectivity index (χ0v) is 18.1. The first-order valence-corrected chi connectivity index (χ1v) is 10.7. The molecule has 3 amide bonds. The third-order valence-electron chi connectivity index (χ3n) is 5.43. The van der Waals surface area contributed by atoms with E-state index in [0.717, 1.165) is 36.9 Å². The van der Waals surface area contributed by atoms with Crippen LogP contribution in [0.5, 0.6) is 0 Å². The van der Waals surface area contributed by atoms with Crippen molar-refractivity contribution in [2.24, 2.45) is 0 Å². The minimum absolute atomic E-state index is 0.0131. The molecule has 0 aromatic heterocycles. The first-order chi connectivity index (χ1) is 14.9. The van der Waals surface area contributed by atoms with Crippen molar-refractivity contribution >= 4 is 29.1 Å². The van der Waals surface area contributed by atoms with Crippen LogP contribution in [0.1, 0.15) is 41.6 Å². The van der Waals surface area contributed by atoms with Crippen LogP contribution in [0.2, 0.25) is 0 Å². The van der Waals surface area contributed by atoms with Crippen LogP contribution in [-0.2, 0) is 16.0 Å². The van der Waals surface area contributed by atoms with Crippen LogP contribution in [0.3, 0.4) is 0 Å². The summed E-state index contributed by atoms with van der Waals surface area (Å²) in [6, 6.07) is 14.7. The van der Waals surface area contributed by atoms with Gasteiger partial charge in [-0.2, -0.15) is 0 Å². The Morgan fingerprint density at radius 2 is 1.58 bits per heavy atom. The van der Waals surface area contributed by atoms with Gasteiger partial charge in [0.05, 0.1) is 24.2 Å². The summed E-state index contributed by atoms with van der Waals surface area (Å²) in [4.78, 5) is 38.8. The largest absolute Gasteiger partial charge is 0.376 e. The van der Waals surface area contributed by atoms with Crippen LogP contribution in [-0.4, -0.2) is 49.3 Å². The van der Waals surface area contributed by atoms with Crippen LogP contribution in [0.15, 0.2) is 48.5 Å². The van der Waals surface area contributed by atoms with Gasteiger partial charge in [-0.3, -0.25) is 14.4 Å². The third-order valence-corrected chi connectivity index (χ3v) is 5.43. The Morgan fingerprint density at radius 3 is 2.29 bits per heavy atom. The Bertz CT molecular complexity index is 936. The van der Waals surface area contributed by atoms with Crippen LogP contribution in [0.25, 0.3) is 0 Å². The predicted octanol–water partition coefficient (Wildman–Crippen LogP) is 3.04. The summed E-state index contributed by atoms with van der Waals surface area (Å²) in [6.45, 7) is 0.0196. The third kappa shape index (κ3) is 6.31. The molecule has 3 N–H and O–H groups in total. The number of anilines is 2. The smallest absolute Gasteiger partial charge is 0.253 e. The quantitative estimate of drug-likeness (QED) is 0.610. The highest BCUT2D eigenvalue weighted by atomic mass is 16.2. The summed E-state index contributed by atoms with van der Waals surface area (Å²) in [6.07, 6.45) is 4.52. The summed E-state index contributed by atoms with van der Waals surface area (Å²) in [5.41, 5.74) is 2.51. The van der Waals surface area contributed by atoms with Crippen LogP contribution in [0, 0.1) is 0 Å². The summed E-state index contributed by atoms with van der Waals surface area (Å²) in [7, 11) is 3.43. The molecule has 7 nitrogen and oxygen atoms in total. The topological polar surface area (TPSA) is 90.5 Å². The molecule has 3 rings (SSSR count). The Hall–Kier alpha value is -3.35. The average molecular weight is 423 g/mol. The fraction of sp³-hybridized carbons (Fsp3) is 0.375. The van der Waals surface area contributed by atoms with Crippen molar-refractivity contribution in [2.45, 2.75) is 38.1 Å². The number of likely N-dealkylation sites (N-methyl/N-ethyl adjacent to an activating group) is 1. The van der Waals surface area contributed by atoms with E-state index >= 15 is 0 Å². The van der Waals surface area contributed by atoms with Gasteiger partial charge < -0.3 is 20.9 Å². The number of hydrogen-bond donors (Lipinski definition) is 3. The fourth-order valence-corrected chi connectivity index (χ4v) is 3.66. The van der Waals surface area contributed by atoms with E-state index in [2.05, 4.69) is 16.0 Å². The second-order valence-corrected chi connectivity index (χ2v) is 8.02. The average Bonchev–Trinajstić information content (AvgIpc) is 3.26. The lowest BCUT2D eigenvalue weighted by Crippen LogP contribution is -2.33. The van der Waals surface area contributed by atoms with Crippen LogP contribution < -0.4 is 16.0 Å². The molecule has 0 aliphatic heterocycles. The molecule has 0 saturated heterocycles. The highest BCUT2D eigenvalue weighted by Gasteiger charge is 2.20. The van der Waals surface area contributed by atoms with Gasteiger partial charge in [-0.05, 0) is 36.6 Å². The molecule has 0 atom stereocenters. The summed E-state index contributed by atoms with van der Waals surface area (Å²) < 4.78 is 0. The summed E-state index contributed by atoms with van der Waals surface area (Å²) >= 11 is 0. The van der Waals surface area contributed by atoms with E-state index in [-0.39, 0.29) is 36.7 Å². The van der Waals surface area contributed by atoms with Crippen molar-refractivity contribution in [3.05, 3.63) is 59.7 Å². The minimum Gasteiger partial charge on any atom is -0.376 e. The SMILES string of the molecule is CN(C)C(=O)Cc1ccccc1NCC(=O)Nc1ccccc1C(=O)NC1CCCC1. The van der Waals surface area contributed by atoms with Crippen molar-refractivity contribution in [3.63, 3.8) is 0 Å². The number of carbonyl (C=O) groups excluding carboxylic acids is 3. The van der Waals surface area contributed by atoms with Crippen molar-refractivity contribution < 1.29 is 14.4 Å². The first-order valence-electron chi connectivity index (χ1n) is 10.7. The molecule has 2 aromatic rings. The molecule has 0 radical (unpaired) electrons. The Balaban J connectivity index is 1.61. The van der Waals surface area contributed by atoms with Crippen molar-refractivity contribution in [1.29, 1.82) is 0 Å². The van der Waals surface area contributed by atoms with Gasteiger partial charge in [-0.15, -0.1) is 0 Å². The van der Waals surface area contributed by atoms with Crippen molar-refractivity contribution in [3.8, 4) is 0 Å². The molecule has 7 heteroatoms. The lowest BCUT2D eigenvalue weighted by atomic mass is 10.1. The zero-order chi connectivity index (χ0) is 22.2. The summed E-state index contributed by atoms with van der Waals surface area (Å²) in [5, 5.41) is 8.99. The van der Waals surface area contributed by atoms with Gasteiger partial charge in [0.1, 0.15) is 0 Å². The standard InChI is InChI=1S/C24H30N4O3/c1-28(2)23(30)15-17-9-3-7-13-20(17)25-16-22(29)27-21-14-8-6-12-19(21)24(31)26-18-10-4-5-11-18/h3,6-9,12-14,18,25H,4-5,10-11,15-16H2,1-2H3,(H,26,31)(H,27,29). The van der Waals surface area contributed by atoms with E-state index in [4.69, 9.17) is 0 Å². The number of carbonyl (C=O) groups is 3. The zero-order valence-electron chi connectivity index (χ0n) is 18.1. The Labute approximate surface area is 183 Å². The predicted molar refractivity (Wildman–Crippen MR) is 122 cm³/mol. The minimum atomic E-state index is -0.269. The lowest BCUT2D eigenvalue weighted by molar-refractivity contribution is -0.127. The molecule has 1 aliphatic rings. The van der Waals surface area contributed by atoms with E-state index in [1.807, 2.05) is 24.3 Å². The van der Waals surface area contributed by atoms with Gasteiger partial charge in [-0.25, -0.2) is 0 Å².